The third kappa shape index (κ3) is 7.14. The standard InChI is InChI=1S/C82H51N2O3P/c85-88(58-23-5-2-6-24-58,60-44-47-73-78(51-60)86-75-37-18-16-35-70(75)81(73)66-31-12-7-26-61(66)62-27-8-13-32-67(62)81)59-25-19-22-55(48-59)57-43-46-72-77(50-57)87-76-49-56(42-45-71(76)82(72)68-33-14-9-28-63(68)64-29-10-15-34-69(64)82)52-38-40-54(41-39-52)80-83-74-36-17-11-30-65(74)79(84-80)53-20-3-1-4-21-53/h1-51H. The van der Waals surface area contributed by atoms with Crippen LogP contribution in [0.15, 0.2) is 309 Å². The molecule has 5 nitrogen and oxygen atoms in total. The average molecular weight is 1140 g/mol. The zero-order valence-electron chi connectivity index (χ0n) is 47.5. The molecular formula is C82H51N2O3P. The number of ether oxygens (including phenoxy) is 2. The van der Waals surface area contributed by atoms with E-state index in [1.807, 2.05) is 78.9 Å². The summed E-state index contributed by atoms with van der Waals surface area (Å²) in [6.07, 6.45) is 0. The van der Waals surface area contributed by atoms with Crippen LogP contribution in [0.4, 0.5) is 0 Å². The van der Waals surface area contributed by atoms with Gasteiger partial charge in [-0.15, -0.1) is 0 Å². The summed E-state index contributed by atoms with van der Waals surface area (Å²) in [7, 11) is -3.59. The molecule has 3 heterocycles. The highest BCUT2D eigenvalue weighted by Gasteiger charge is 2.53. The molecule has 2 aliphatic carbocycles. The molecule has 0 saturated carbocycles. The molecule has 1 unspecified atom stereocenters. The maximum Gasteiger partial charge on any atom is 0.171 e. The van der Waals surface area contributed by atoms with Crippen LogP contribution in [-0.4, -0.2) is 9.97 Å². The lowest BCUT2D eigenvalue weighted by molar-refractivity contribution is 0.436. The highest BCUT2D eigenvalue weighted by atomic mass is 31.2. The molecule has 412 valence electrons. The first-order chi connectivity index (χ1) is 43.5. The van der Waals surface area contributed by atoms with Crippen LogP contribution in [0.1, 0.15) is 44.5 Å². The topological polar surface area (TPSA) is 61.3 Å². The summed E-state index contributed by atoms with van der Waals surface area (Å²) in [6, 6.07) is 109. The number of hydrogen-bond donors (Lipinski definition) is 0. The van der Waals surface area contributed by atoms with Gasteiger partial charge in [0.15, 0.2) is 13.0 Å². The van der Waals surface area contributed by atoms with Crippen molar-refractivity contribution in [1.29, 1.82) is 0 Å². The first-order valence-corrected chi connectivity index (χ1v) is 31.7. The van der Waals surface area contributed by atoms with Gasteiger partial charge in [0.05, 0.1) is 22.0 Å². The number of rotatable bonds is 7. The largest absolute Gasteiger partial charge is 0.457 e. The maximum absolute atomic E-state index is 16.9. The summed E-state index contributed by atoms with van der Waals surface area (Å²) in [5.74, 6) is 3.71. The highest BCUT2D eigenvalue weighted by molar-refractivity contribution is 7.85. The fourth-order valence-electron chi connectivity index (χ4n) is 15.1. The smallest absolute Gasteiger partial charge is 0.171 e. The van der Waals surface area contributed by atoms with Gasteiger partial charge in [-0.2, -0.15) is 0 Å². The fourth-order valence-corrected chi connectivity index (χ4v) is 17.8. The summed E-state index contributed by atoms with van der Waals surface area (Å²) in [4.78, 5) is 10.2. The van der Waals surface area contributed by atoms with Crippen molar-refractivity contribution < 1.29 is 14.0 Å². The zero-order chi connectivity index (χ0) is 58.1. The number of nitrogens with zero attached hydrogens (tertiary/aromatic N) is 2. The summed E-state index contributed by atoms with van der Waals surface area (Å²) >= 11 is 0. The Labute approximate surface area is 509 Å². The minimum absolute atomic E-state index is 0.640. The summed E-state index contributed by atoms with van der Waals surface area (Å²) in [5, 5.41) is 3.17. The lowest BCUT2D eigenvalue weighted by atomic mass is 9.65. The van der Waals surface area contributed by atoms with Crippen LogP contribution in [0.25, 0.3) is 78.1 Å². The monoisotopic (exact) mass is 1140 g/mol. The second-order valence-electron chi connectivity index (χ2n) is 23.3. The van der Waals surface area contributed by atoms with E-state index in [9.17, 15) is 0 Å². The van der Waals surface area contributed by atoms with Gasteiger partial charge < -0.3 is 14.0 Å². The first kappa shape index (κ1) is 50.4. The van der Waals surface area contributed by atoms with Crippen LogP contribution >= 0.6 is 7.14 Å². The molecule has 13 aromatic carbocycles. The number of aromatic nitrogens is 2. The van der Waals surface area contributed by atoms with E-state index in [4.69, 9.17) is 19.4 Å². The van der Waals surface area contributed by atoms with E-state index in [0.29, 0.717) is 16.9 Å². The molecule has 0 N–H and O–H groups in total. The number of benzene rings is 13. The predicted molar refractivity (Wildman–Crippen MR) is 355 cm³/mol. The molecule has 0 fully saturated rings. The Bertz CT molecular complexity index is 5180. The van der Waals surface area contributed by atoms with Crippen LogP contribution in [-0.2, 0) is 15.4 Å². The molecule has 2 aliphatic heterocycles. The Kier molecular flexibility index (Phi) is 11.0. The first-order valence-electron chi connectivity index (χ1n) is 30.0. The van der Waals surface area contributed by atoms with Crippen LogP contribution in [0, 0.1) is 0 Å². The quantitative estimate of drug-likeness (QED) is 0.149. The van der Waals surface area contributed by atoms with Crippen molar-refractivity contribution in [2.24, 2.45) is 0 Å². The number of para-hydroxylation sites is 2. The third-order valence-corrected chi connectivity index (χ3v) is 22.0. The highest BCUT2D eigenvalue weighted by Crippen LogP contribution is 2.64. The Morgan fingerprint density at radius 1 is 0.273 bits per heavy atom. The van der Waals surface area contributed by atoms with Gasteiger partial charge in [0, 0.05) is 54.7 Å². The van der Waals surface area contributed by atoms with E-state index < -0.39 is 18.0 Å². The maximum atomic E-state index is 16.9. The van der Waals surface area contributed by atoms with E-state index in [-0.39, 0.29) is 0 Å². The molecule has 1 aromatic heterocycles. The lowest BCUT2D eigenvalue weighted by Crippen LogP contribution is -2.33. The molecule has 18 rings (SSSR count). The molecule has 0 radical (unpaired) electrons. The zero-order valence-corrected chi connectivity index (χ0v) is 48.4. The van der Waals surface area contributed by atoms with Gasteiger partial charge in [0.25, 0.3) is 0 Å². The van der Waals surface area contributed by atoms with Gasteiger partial charge in [0.1, 0.15) is 23.0 Å². The molecule has 6 heteroatoms. The normalized spacial score (nSPS) is 14.4. The molecule has 88 heavy (non-hydrogen) atoms. The van der Waals surface area contributed by atoms with Gasteiger partial charge in [-0.05, 0) is 103 Å². The van der Waals surface area contributed by atoms with Crippen molar-refractivity contribution >= 4 is 34.0 Å². The molecule has 4 aliphatic rings. The van der Waals surface area contributed by atoms with E-state index >= 15 is 4.57 Å². The Balaban J connectivity index is 0.756. The molecule has 2 spiro atoms. The Hall–Kier alpha value is -11.0. The second kappa shape index (κ2) is 19.3. The molecular weight excluding hydrogens is 1090 g/mol. The Morgan fingerprint density at radius 2 is 0.682 bits per heavy atom. The van der Waals surface area contributed by atoms with Gasteiger partial charge >= 0.3 is 0 Å². The third-order valence-electron chi connectivity index (χ3n) is 18.9. The van der Waals surface area contributed by atoms with Crippen molar-refractivity contribution in [3.8, 4) is 90.2 Å². The van der Waals surface area contributed by atoms with Crippen molar-refractivity contribution in [2.45, 2.75) is 10.8 Å². The van der Waals surface area contributed by atoms with E-state index in [2.05, 4.69) is 231 Å². The molecule has 0 amide bonds. The Morgan fingerprint density at radius 3 is 1.30 bits per heavy atom. The SMILES string of the molecule is O=P(c1ccccc1)(c1cccc(-c2ccc3c(c2)Oc2cc(-c4ccc(-c5nc(-c6ccccc6)c6ccccc6n5)cc4)ccc2C32c3ccccc3-c3ccccc32)c1)c1ccc2c(c1)Oc1ccccc1C21c2ccccc2-c2ccccc21. The molecule has 14 aromatic rings. The molecule has 1 atom stereocenters. The molecule has 0 bridgehead atoms. The minimum Gasteiger partial charge on any atom is -0.457 e. The van der Waals surface area contributed by atoms with Gasteiger partial charge in [-0.1, -0.05) is 273 Å². The van der Waals surface area contributed by atoms with Crippen molar-refractivity contribution in [3.63, 3.8) is 0 Å². The predicted octanol–water partition coefficient (Wildman–Crippen LogP) is 18.9. The van der Waals surface area contributed by atoms with Crippen LogP contribution < -0.4 is 25.4 Å². The summed E-state index contributed by atoms with van der Waals surface area (Å²) in [6.45, 7) is 0. The lowest BCUT2D eigenvalue weighted by Gasteiger charge is -2.39. The van der Waals surface area contributed by atoms with Crippen LogP contribution in [0.3, 0.4) is 0 Å². The van der Waals surface area contributed by atoms with Crippen molar-refractivity contribution in [1.82, 2.24) is 9.97 Å². The minimum atomic E-state index is -3.59. The van der Waals surface area contributed by atoms with E-state index in [0.717, 1.165) is 100 Å². The summed E-state index contributed by atoms with van der Waals surface area (Å²) < 4.78 is 31.2. The van der Waals surface area contributed by atoms with E-state index in [1.54, 1.807) is 0 Å². The second-order valence-corrected chi connectivity index (χ2v) is 26.1. The fraction of sp³-hybridized carbons (Fsp3) is 0.0244. The van der Waals surface area contributed by atoms with Gasteiger partial charge in [-0.3, -0.25) is 0 Å². The van der Waals surface area contributed by atoms with Gasteiger partial charge in [-0.25, -0.2) is 9.97 Å². The van der Waals surface area contributed by atoms with E-state index in [1.165, 1.54) is 44.5 Å². The van der Waals surface area contributed by atoms with Crippen molar-refractivity contribution in [2.75, 3.05) is 0 Å². The average Bonchev–Trinajstić information content (AvgIpc) is 1.52. The number of fused-ring (bicyclic) bond motifs is 19. The van der Waals surface area contributed by atoms with Crippen molar-refractivity contribution in [3.05, 3.63) is 354 Å². The number of hydrogen-bond acceptors (Lipinski definition) is 5. The van der Waals surface area contributed by atoms with Crippen LogP contribution in [0.2, 0.25) is 0 Å². The summed E-state index contributed by atoms with van der Waals surface area (Å²) in [5.41, 5.74) is 20.4. The van der Waals surface area contributed by atoms with Crippen LogP contribution in [0.5, 0.6) is 23.0 Å². The van der Waals surface area contributed by atoms with Gasteiger partial charge in [0.2, 0.25) is 0 Å². The molecule has 0 saturated heterocycles.